The fraction of sp³-hybridized carbons (Fsp3) is 0.533. The molecule has 0 aromatic heterocycles. The molecule has 2 aliphatic rings. The van der Waals surface area contributed by atoms with Crippen LogP contribution in [-0.2, 0) is 0 Å². The van der Waals surface area contributed by atoms with Gasteiger partial charge in [0.15, 0.2) is 5.11 Å². The number of anilines is 1. The molecule has 1 aromatic rings. The van der Waals surface area contributed by atoms with Crippen molar-refractivity contribution in [3.8, 4) is 0 Å². The second-order valence-electron chi connectivity index (χ2n) is 5.78. The van der Waals surface area contributed by atoms with Gasteiger partial charge in [0.25, 0.3) is 5.76 Å². The molecule has 2 N–H and O–H groups in total. The lowest BCUT2D eigenvalue weighted by atomic mass is 9.96. The first kappa shape index (κ1) is 15.0. The van der Waals surface area contributed by atoms with Crippen molar-refractivity contribution in [2.75, 3.05) is 5.32 Å². The van der Waals surface area contributed by atoms with Crippen LogP contribution in [0.25, 0.3) is 0 Å². The molecule has 1 aromatic carbocycles. The van der Waals surface area contributed by atoms with E-state index in [1.165, 1.54) is 25.7 Å². The van der Waals surface area contributed by atoms with Gasteiger partial charge in [-0.3, -0.25) is 0 Å². The number of hydrogen-bond donors (Lipinski definition) is 2. The predicted molar refractivity (Wildman–Crippen MR) is 86.9 cm³/mol. The molecule has 2 bridgehead atoms. The summed E-state index contributed by atoms with van der Waals surface area (Å²) in [5.74, 6) is -0.745. The van der Waals surface area contributed by atoms with E-state index in [9.17, 15) is 8.78 Å². The van der Waals surface area contributed by atoms with Crippen LogP contribution in [0.3, 0.4) is 0 Å². The second kappa shape index (κ2) is 6.48. The number of benzene rings is 1. The van der Waals surface area contributed by atoms with Gasteiger partial charge in [-0.05, 0) is 67.6 Å². The van der Waals surface area contributed by atoms with Crippen molar-refractivity contribution >= 4 is 34.8 Å². The molecule has 6 heteroatoms. The van der Waals surface area contributed by atoms with E-state index in [2.05, 4.69) is 10.6 Å². The summed E-state index contributed by atoms with van der Waals surface area (Å²) in [5, 5.41) is 7.16. The fourth-order valence-corrected chi connectivity index (χ4v) is 4.24. The fourth-order valence-electron chi connectivity index (χ4n) is 3.48. The second-order valence-corrected chi connectivity index (χ2v) is 7.25. The monoisotopic (exact) mass is 328 g/mol. The maximum absolute atomic E-state index is 12.2. The summed E-state index contributed by atoms with van der Waals surface area (Å²) in [6.07, 6.45) is 5.23. The lowest BCUT2D eigenvalue weighted by Gasteiger charge is -2.24. The standard InChI is InChI=1S/C15H18F2N2S2/c16-14(17)21-12-5-3-11(4-6-12)18-15(20)19-13-8-9-1-2-10(13)7-9/h3-6,9-10,13-14H,1-2,7-8H2,(H2,18,19,20). The SMILES string of the molecule is FC(F)Sc1ccc(NC(=S)NC2CC3CCC2C3)cc1. The Morgan fingerprint density at radius 3 is 2.52 bits per heavy atom. The summed E-state index contributed by atoms with van der Waals surface area (Å²) in [6.45, 7) is 0. The van der Waals surface area contributed by atoms with Crippen LogP contribution in [0.2, 0.25) is 0 Å². The van der Waals surface area contributed by atoms with E-state index in [0.29, 0.717) is 27.8 Å². The van der Waals surface area contributed by atoms with Crippen LogP contribution in [0.5, 0.6) is 0 Å². The molecule has 2 aliphatic carbocycles. The molecular weight excluding hydrogens is 310 g/mol. The highest BCUT2D eigenvalue weighted by molar-refractivity contribution is 7.99. The summed E-state index contributed by atoms with van der Waals surface area (Å²) in [5.41, 5.74) is 0.828. The van der Waals surface area contributed by atoms with Crippen LogP contribution in [0, 0.1) is 11.8 Å². The van der Waals surface area contributed by atoms with Crippen LogP contribution in [0.4, 0.5) is 14.5 Å². The van der Waals surface area contributed by atoms with E-state index in [0.717, 1.165) is 17.5 Å². The Morgan fingerprint density at radius 2 is 1.95 bits per heavy atom. The molecule has 3 rings (SSSR count). The van der Waals surface area contributed by atoms with Gasteiger partial charge < -0.3 is 10.6 Å². The summed E-state index contributed by atoms with van der Waals surface area (Å²) in [4.78, 5) is 0.558. The van der Waals surface area contributed by atoms with Gasteiger partial charge in [0, 0.05) is 16.6 Å². The molecule has 0 spiro atoms. The van der Waals surface area contributed by atoms with E-state index >= 15 is 0 Å². The van der Waals surface area contributed by atoms with Crippen molar-refractivity contribution in [1.29, 1.82) is 0 Å². The van der Waals surface area contributed by atoms with Crippen molar-refractivity contribution in [1.82, 2.24) is 5.32 Å². The summed E-state index contributed by atoms with van der Waals surface area (Å²) < 4.78 is 24.5. The average molecular weight is 328 g/mol. The smallest absolute Gasteiger partial charge is 0.288 e. The lowest BCUT2D eigenvalue weighted by molar-refractivity contribution is 0.252. The molecular formula is C15H18F2N2S2. The Hall–Kier alpha value is -0.880. The Balaban J connectivity index is 1.50. The summed E-state index contributed by atoms with van der Waals surface area (Å²) in [7, 11) is 0. The van der Waals surface area contributed by atoms with Gasteiger partial charge in [-0.15, -0.1) is 0 Å². The number of alkyl halides is 2. The van der Waals surface area contributed by atoms with Crippen LogP contribution < -0.4 is 10.6 Å². The van der Waals surface area contributed by atoms with Crippen molar-refractivity contribution in [2.45, 2.75) is 42.4 Å². The van der Waals surface area contributed by atoms with Crippen LogP contribution in [0.15, 0.2) is 29.2 Å². The average Bonchev–Trinajstić information content (AvgIpc) is 3.02. The summed E-state index contributed by atoms with van der Waals surface area (Å²) in [6, 6.07) is 7.41. The van der Waals surface area contributed by atoms with Gasteiger partial charge in [0.05, 0.1) is 0 Å². The molecule has 21 heavy (non-hydrogen) atoms. The number of halogens is 2. The molecule has 0 heterocycles. The highest BCUT2D eigenvalue weighted by atomic mass is 32.2. The predicted octanol–water partition coefficient (Wildman–Crippen LogP) is 4.48. The number of rotatable bonds is 4. The Labute approximate surface area is 133 Å². The zero-order valence-electron chi connectivity index (χ0n) is 11.5. The number of nitrogens with one attached hydrogen (secondary N) is 2. The molecule has 0 amide bonds. The van der Waals surface area contributed by atoms with Crippen molar-refractivity contribution in [3.63, 3.8) is 0 Å². The largest absolute Gasteiger partial charge is 0.359 e. The maximum Gasteiger partial charge on any atom is 0.288 e. The van der Waals surface area contributed by atoms with E-state index in [1.807, 2.05) is 0 Å². The minimum absolute atomic E-state index is 0.498. The molecule has 114 valence electrons. The number of fused-ring (bicyclic) bond motifs is 2. The van der Waals surface area contributed by atoms with Crippen LogP contribution in [-0.4, -0.2) is 16.9 Å². The van der Waals surface area contributed by atoms with Gasteiger partial charge in [-0.25, -0.2) is 0 Å². The van der Waals surface area contributed by atoms with Gasteiger partial charge in [0.1, 0.15) is 0 Å². The first-order chi connectivity index (χ1) is 10.1. The third-order valence-electron chi connectivity index (χ3n) is 4.39. The molecule has 3 atom stereocenters. The van der Waals surface area contributed by atoms with E-state index in [-0.39, 0.29) is 0 Å². The van der Waals surface area contributed by atoms with Crippen LogP contribution >= 0.6 is 24.0 Å². The Morgan fingerprint density at radius 1 is 1.19 bits per heavy atom. The molecule has 0 radical (unpaired) electrons. The maximum atomic E-state index is 12.2. The summed E-state index contributed by atoms with van der Waals surface area (Å²) >= 11 is 5.89. The third kappa shape index (κ3) is 3.86. The normalized spacial score (nSPS) is 27.1. The van der Waals surface area contributed by atoms with Crippen LogP contribution in [0.1, 0.15) is 25.7 Å². The minimum Gasteiger partial charge on any atom is -0.359 e. The highest BCUT2D eigenvalue weighted by Crippen LogP contribution is 2.44. The zero-order valence-corrected chi connectivity index (χ0v) is 13.2. The van der Waals surface area contributed by atoms with Crippen molar-refractivity contribution < 1.29 is 8.78 Å². The molecule has 2 fully saturated rings. The molecule has 2 nitrogen and oxygen atoms in total. The third-order valence-corrected chi connectivity index (χ3v) is 5.33. The topological polar surface area (TPSA) is 24.1 Å². The molecule has 2 saturated carbocycles. The van der Waals surface area contributed by atoms with Crippen molar-refractivity contribution in [2.24, 2.45) is 11.8 Å². The quantitative estimate of drug-likeness (QED) is 0.629. The number of thiocarbonyl (C=S) groups is 1. The van der Waals surface area contributed by atoms with Gasteiger partial charge >= 0.3 is 0 Å². The Kier molecular flexibility index (Phi) is 4.64. The first-order valence-corrected chi connectivity index (χ1v) is 8.51. The van der Waals surface area contributed by atoms with E-state index in [1.54, 1.807) is 24.3 Å². The lowest BCUT2D eigenvalue weighted by Crippen LogP contribution is -2.40. The number of thioether (sulfide) groups is 1. The van der Waals surface area contributed by atoms with E-state index in [4.69, 9.17) is 12.2 Å². The zero-order chi connectivity index (χ0) is 14.8. The molecule has 3 unspecified atom stereocenters. The Bertz CT molecular complexity index is 507. The van der Waals surface area contributed by atoms with Crippen molar-refractivity contribution in [3.05, 3.63) is 24.3 Å². The van der Waals surface area contributed by atoms with Gasteiger partial charge in [-0.2, -0.15) is 8.78 Å². The first-order valence-electron chi connectivity index (χ1n) is 7.22. The molecule has 0 aliphatic heterocycles. The minimum atomic E-state index is -2.38. The molecule has 0 saturated heterocycles. The number of hydrogen-bond acceptors (Lipinski definition) is 2. The highest BCUT2D eigenvalue weighted by Gasteiger charge is 2.39. The van der Waals surface area contributed by atoms with Gasteiger partial charge in [-0.1, -0.05) is 18.2 Å². The van der Waals surface area contributed by atoms with Gasteiger partial charge in [0.2, 0.25) is 0 Å². The van der Waals surface area contributed by atoms with E-state index < -0.39 is 5.76 Å².